The number of alkyl halides is 5. The normalized spacial score (nSPS) is 17.5. The number of nitrogens with zero attached hydrogens (tertiary/aromatic N) is 1. The van der Waals surface area contributed by atoms with Crippen molar-refractivity contribution in [1.29, 1.82) is 0 Å². The van der Waals surface area contributed by atoms with Gasteiger partial charge < -0.3 is 0 Å². The molecule has 1 aliphatic heterocycles. The topological polar surface area (TPSA) is 14.1 Å². The second-order valence-electron chi connectivity index (χ2n) is 2.00. The molecule has 0 unspecified atom stereocenters. The van der Waals surface area contributed by atoms with E-state index >= 15 is 0 Å². The van der Waals surface area contributed by atoms with Gasteiger partial charge in [-0.25, -0.2) is 8.78 Å². The number of hydrogen-bond acceptors (Lipinski definition) is 0. The molecule has 0 bridgehead atoms. The molecular formula is C6H2F5N. The quantitative estimate of drug-likeness (QED) is 0.552. The summed E-state index contributed by atoms with van der Waals surface area (Å²) in [6.45, 7) is 0. The maximum Gasteiger partial charge on any atom is 0.419 e. The zero-order chi connectivity index (χ0) is 9.35. The second kappa shape index (κ2) is 2.76. The van der Waals surface area contributed by atoms with Crippen LogP contribution in [0.25, 0.3) is 0 Å². The van der Waals surface area contributed by atoms with Crippen molar-refractivity contribution in [3.8, 4) is 0 Å². The van der Waals surface area contributed by atoms with E-state index in [1.165, 1.54) is 6.20 Å². The van der Waals surface area contributed by atoms with Gasteiger partial charge in [0.05, 0.1) is 11.1 Å². The summed E-state index contributed by atoms with van der Waals surface area (Å²) >= 11 is 0. The molecule has 12 heavy (non-hydrogen) atoms. The molecule has 0 amide bonds. The Morgan fingerprint density at radius 2 is 1.92 bits per heavy atom. The Morgan fingerprint density at radius 1 is 1.33 bits per heavy atom. The van der Waals surface area contributed by atoms with Gasteiger partial charge in [0, 0.05) is 6.20 Å². The molecule has 66 valence electrons. The van der Waals surface area contributed by atoms with E-state index in [-0.39, 0.29) is 0 Å². The summed E-state index contributed by atoms with van der Waals surface area (Å²) in [6, 6.07) is 0. The summed E-state index contributed by atoms with van der Waals surface area (Å²) in [5.41, 5.74) is -2.61. The van der Waals surface area contributed by atoms with Gasteiger partial charge in [0.2, 0.25) is 0 Å². The van der Waals surface area contributed by atoms with Gasteiger partial charge in [0.25, 0.3) is 6.43 Å². The lowest BCUT2D eigenvalue weighted by Gasteiger charge is -2.08. The first-order chi connectivity index (χ1) is 5.43. The van der Waals surface area contributed by atoms with Gasteiger partial charge in [-0.2, -0.15) is 13.2 Å². The predicted octanol–water partition coefficient (Wildman–Crippen LogP) is 2.00. The van der Waals surface area contributed by atoms with Crippen molar-refractivity contribution in [1.82, 2.24) is 5.32 Å². The zero-order valence-corrected chi connectivity index (χ0v) is 5.49. The Hall–Kier alpha value is -1.07. The summed E-state index contributed by atoms with van der Waals surface area (Å²) in [5, 5.41) is 2.88. The molecule has 0 atom stereocenters. The van der Waals surface area contributed by atoms with E-state index in [2.05, 4.69) is 5.32 Å². The van der Waals surface area contributed by atoms with Crippen LogP contribution in [0.2, 0.25) is 0 Å². The minimum absolute atomic E-state index is 0.466. The largest absolute Gasteiger partial charge is 0.419 e. The van der Waals surface area contributed by atoms with Crippen LogP contribution in [-0.4, -0.2) is 12.6 Å². The standard InChI is InChI=1S/C6H2F5N/c7-5(8)3-1-12-2-4(3)6(9,10)11/h1,5H. The third kappa shape index (κ3) is 1.57. The lowest BCUT2D eigenvalue weighted by molar-refractivity contribution is -0.0916. The molecular weight excluding hydrogens is 181 g/mol. The number of rotatable bonds is 1. The van der Waals surface area contributed by atoms with Crippen molar-refractivity contribution in [2.75, 3.05) is 0 Å². The third-order valence-electron chi connectivity index (χ3n) is 1.19. The van der Waals surface area contributed by atoms with Crippen molar-refractivity contribution in [2.45, 2.75) is 12.6 Å². The van der Waals surface area contributed by atoms with Crippen LogP contribution in [0, 0.1) is 6.20 Å². The van der Waals surface area contributed by atoms with Crippen molar-refractivity contribution in [3.63, 3.8) is 0 Å². The van der Waals surface area contributed by atoms with Gasteiger partial charge in [0.1, 0.15) is 6.20 Å². The second-order valence-corrected chi connectivity index (χ2v) is 2.00. The number of halogens is 5. The molecule has 0 aromatic carbocycles. The lowest BCUT2D eigenvalue weighted by Crippen LogP contribution is -2.15. The van der Waals surface area contributed by atoms with E-state index in [0.29, 0.717) is 6.20 Å². The molecule has 0 saturated carbocycles. The van der Waals surface area contributed by atoms with Crippen LogP contribution in [0.5, 0.6) is 0 Å². The van der Waals surface area contributed by atoms with Crippen molar-refractivity contribution in [2.24, 2.45) is 0 Å². The first kappa shape index (κ1) is 9.02. The molecule has 1 rings (SSSR count). The lowest BCUT2D eigenvalue weighted by atomic mass is 10.1. The van der Waals surface area contributed by atoms with Crippen LogP contribution in [0.4, 0.5) is 22.0 Å². The smallest absolute Gasteiger partial charge is 0.253 e. The number of allylic oxidation sites excluding steroid dienone is 2. The van der Waals surface area contributed by atoms with E-state index in [9.17, 15) is 22.0 Å². The minimum Gasteiger partial charge on any atom is -0.253 e. The van der Waals surface area contributed by atoms with Gasteiger partial charge in [-0.15, -0.1) is 0 Å². The fourth-order valence-electron chi connectivity index (χ4n) is 0.688. The first-order valence-electron chi connectivity index (χ1n) is 2.81. The molecule has 0 N–H and O–H groups in total. The summed E-state index contributed by atoms with van der Waals surface area (Å²) in [6.07, 6.45) is -6.03. The highest BCUT2D eigenvalue weighted by molar-refractivity contribution is 5.37. The van der Waals surface area contributed by atoms with Crippen molar-refractivity contribution in [3.05, 3.63) is 23.5 Å². The van der Waals surface area contributed by atoms with Crippen LogP contribution in [-0.2, 0) is 0 Å². The van der Waals surface area contributed by atoms with E-state index in [1.807, 2.05) is 0 Å². The third-order valence-corrected chi connectivity index (χ3v) is 1.19. The first-order valence-corrected chi connectivity index (χ1v) is 2.81. The molecule has 0 spiro atoms. The van der Waals surface area contributed by atoms with Gasteiger partial charge in [-0.05, 0) is 0 Å². The summed E-state index contributed by atoms with van der Waals surface area (Å²) in [4.78, 5) is 0. The average molecular weight is 183 g/mol. The van der Waals surface area contributed by atoms with Crippen LogP contribution in [0.1, 0.15) is 0 Å². The molecule has 1 heterocycles. The van der Waals surface area contributed by atoms with Crippen molar-refractivity contribution < 1.29 is 22.0 Å². The van der Waals surface area contributed by atoms with Gasteiger partial charge in [-0.3, -0.25) is 5.32 Å². The van der Waals surface area contributed by atoms with Gasteiger partial charge in [-0.1, -0.05) is 0 Å². The molecule has 0 aromatic heterocycles. The molecule has 0 saturated heterocycles. The number of hydrogen-bond donors (Lipinski definition) is 0. The van der Waals surface area contributed by atoms with Gasteiger partial charge >= 0.3 is 6.18 Å². The summed E-state index contributed by atoms with van der Waals surface area (Å²) in [7, 11) is 0. The summed E-state index contributed by atoms with van der Waals surface area (Å²) < 4.78 is 59.2. The zero-order valence-electron chi connectivity index (χ0n) is 5.49. The fourth-order valence-corrected chi connectivity index (χ4v) is 0.688. The molecule has 0 aromatic rings. The SMILES string of the molecule is FC(F)C1=C[N][C]=C1C(F)(F)F. The molecule has 1 aliphatic rings. The Balaban J connectivity index is 2.88. The highest BCUT2D eigenvalue weighted by atomic mass is 19.4. The average Bonchev–Trinajstić information content (AvgIpc) is 2.30. The monoisotopic (exact) mass is 183 g/mol. The van der Waals surface area contributed by atoms with Crippen LogP contribution >= 0.6 is 0 Å². The van der Waals surface area contributed by atoms with Crippen LogP contribution < -0.4 is 5.32 Å². The Labute approximate surface area is 64.6 Å². The van der Waals surface area contributed by atoms with Crippen LogP contribution in [0.3, 0.4) is 0 Å². The van der Waals surface area contributed by atoms with E-state index in [4.69, 9.17) is 0 Å². The van der Waals surface area contributed by atoms with E-state index in [0.717, 1.165) is 0 Å². The van der Waals surface area contributed by atoms with E-state index in [1.54, 1.807) is 0 Å². The molecule has 1 nitrogen and oxygen atoms in total. The van der Waals surface area contributed by atoms with Crippen molar-refractivity contribution >= 4 is 0 Å². The maximum atomic E-state index is 11.8. The summed E-state index contributed by atoms with van der Waals surface area (Å²) in [5.74, 6) is 0. The van der Waals surface area contributed by atoms with Crippen LogP contribution in [0.15, 0.2) is 17.3 Å². The molecule has 6 heteroatoms. The highest BCUT2D eigenvalue weighted by Crippen LogP contribution is 2.35. The minimum atomic E-state index is -4.80. The maximum absolute atomic E-state index is 11.8. The molecule has 0 aliphatic carbocycles. The Morgan fingerprint density at radius 3 is 2.25 bits per heavy atom. The highest BCUT2D eigenvalue weighted by Gasteiger charge is 2.41. The fraction of sp³-hybridized carbons (Fsp3) is 0.333. The predicted molar refractivity (Wildman–Crippen MR) is 29.0 cm³/mol. The van der Waals surface area contributed by atoms with Gasteiger partial charge in [0.15, 0.2) is 0 Å². The molecule has 2 radical (unpaired) electrons. The Bertz CT molecular complexity index is 237. The van der Waals surface area contributed by atoms with E-state index < -0.39 is 23.7 Å². The Kier molecular flexibility index (Phi) is 2.08. The molecule has 0 fully saturated rings.